The van der Waals surface area contributed by atoms with Crippen LogP contribution < -0.4 is 0 Å². The molecule has 4 aliphatic carbocycles. The number of Topliss-reactive ketones (excluding diaryl/α,β-unsaturated/α-hetero) is 2. The Kier molecular flexibility index (Phi) is 33.5. The zero-order valence-electron chi connectivity index (χ0n) is 79.8. The van der Waals surface area contributed by atoms with E-state index in [0.717, 1.165) is 253 Å². The van der Waals surface area contributed by atoms with Crippen molar-refractivity contribution in [2.45, 2.75) is 328 Å². The standard InChI is InChI=1S/C121H131F4N5O2S2/c1-9-15-21-27-33-39-45-81-51-59-85(60-52-81)120(86-61-53-82(54-62-86)46-40-34-28-22-16-10-2)102-71-92-93-72-103-99(78-113(93)130(89(49-43-37-31-25-19-13-5)50-44-38-32-26-20-14-6)112(92)77-98(102)118-104(120)69-90(133-118)67-100-114(110(79-126)128-7)94-73-106(122)108(124)75-96(94)116(100)131)119-105(70-91(134-119)68-101-115(111(80-127)129-8)95-74-107(123)109(125)76-97(95)117(101)132)121(103,87-63-55-83(56-64-87)47-41-35-29-23-17-11-3)88-65-57-84(58-66-88)48-42-36-30-24-18-12-4/h51-78,89H,9-50H2,1-6H3/b100-67-,101-68-,114-110-,115-111+. The first-order valence-electron chi connectivity index (χ1n) is 51.0. The van der Waals surface area contributed by atoms with E-state index in [1.807, 2.05) is 12.1 Å². The zero-order valence-corrected chi connectivity index (χ0v) is 81.5. The van der Waals surface area contributed by atoms with Crippen LogP contribution in [-0.2, 0) is 36.5 Å². The average molecular weight is 1830 g/mol. The van der Waals surface area contributed by atoms with Crippen LogP contribution in [0.2, 0.25) is 0 Å². The molecule has 0 amide bonds. The third kappa shape index (κ3) is 20.3. The maximum atomic E-state index is 15.6. The number of nitrogens with zero attached hydrogens (tertiary/aromatic N) is 5. The monoisotopic (exact) mass is 1830 g/mol. The fraction of sp³-hybridized carbons (Fsp3) is 0.421. The second kappa shape index (κ2) is 46.0. The molecule has 0 saturated carbocycles. The number of unbranched alkanes of at least 4 members (excludes halogenated alkanes) is 30. The molecule has 0 aliphatic heterocycles. The van der Waals surface area contributed by atoms with E-state index in [2.05, 4.69) is 189 Å². The van der Waals surface area contributed by atoms with Gasteiger partial charge in [-0.2, -0.15) is 0 Å². The summed E-state index contributed by atoms with van der Waals surface area (Å²) in [7, 11) is 0. The van der Waals surface area contributed by atoms with Crippen molar-refractivity contribution in [3.05, 3.63) is 325 Å². The van der Waals surface area contributed by atoms with Crippen LogP contribution in [0.4, 0.5) is 17.6 Å². The molecule has 3 aromatic heterocycles. The summed E-state index contributed by atoms with van der Waals surface area (Å²) in [6.45, 7) is 30.2. The van der Waals surface area contributed by atoms with Gasteiger partial charge >= 0.3 is 0 Å². The Morgan fingerprint density at radius 1 is 0.351 bits per heavy atom. The highest BCUT2D eigenvalue weighted by atomic mass is 32.1. The molecule has 0 bridgehead atoms. The summed E-state index contributed by atoms with van der Waals surface area (Å²) in [6.07, 6.45) is 51.0. The first-order valence-corrected chi connectivity index (χ1v) is 52.6. The number of thiophene rings is 2. The number of carbonyl (C=O) groups excluding carboxylic acids is 2. The predicted octanol–water partition coefficient (Wildman–Crippen LogP) is 35.7. The lowest BCUT2D eigenvalue weighted by Crippen LogP contribution is -2.28. The number of hydrogen-bond acceptors (Lipinski definition) is 6. The van der Waals surface area contributed by atoms with Crippen molar-refractivity contribution in [1.82, 2.24) is 4.57 Å². The third-order valence-corrected chi connectivity index (χ3v) is 31.5. The van der Waals surface area contributed by atoms with Crippen molar-refractivity contribution in [3.63, 3.8) is 0 Å². The number of ketones is 2. The maximum Gasteiger partial charge on any atom is 0.270 e. The summed E-state index contributed by atoms with van der Waals surface area (Å²) in [5, 5.41) is 23.7. The number of fused-ring (bicyclic) bond motifs is 11. The number of aromatic nitrogens is 1. The highest BCUT2D eigenvalue weighted by molar-refractivity contribution is 7.17. The number of carbonyl (C=O) groups is 2. The Bertz CT molecular complexity index is 5840. The van der Waals surface area contributed by atoms with Gasteiger partial charge in [0.25, 0.3) is 11.4 Å². The molecule has 0 fully saturated rings. The summed E-state index contributed by atoms with van der Waals surface area (Å²) in [5.74, 6) is -5.94. The summed E-state index contributed by atoms with van der Waals surface area (Å²) in [5.41, 5.74) is 14.9. The summed E-state index contributed by atoms with van der Waals surface area (Å²) in [4.78, 5) is 41.0. The Labute approximate surface area is 802 Å². The lowest BCUT2D eigenvalue weighted by atomic mass is 9.67. The normalized spacial score (nSPS) is 15.1. The van der Waals surface area contributed by atoms with Gasteiger partial charge in [-0.05, 0) is 226 Å². The van der Waals surface area contributed by atoms with Crippen LogP contribution in [-0.4, -0.2) is 16.1 Å². The maximum absolute atomic E-state index is 15.6. The molecule has 0 unspecified atom stereocenters. The molecule has 0 N–H and O–H groups in total. The van der Waals surface area contributed by atoms with Crippen LogP contribution in [0.25, 0.3) is 75.7 Å². The largest absolute Gasteiger partial charge is 0.337 e. The Morgan fingerprint density at radius 2 is 0.619 bits per heavy atom. The molecule has 8 aromatic carbocycles. The number of nitriles is 2. The third-order valence-electron chi connectivity index (χ3n) is 29.3. The second-order valence-corrected chi connectivity index (χ2v) is 40.6. The van der Waals surface area contributed by atoms with Crippen LogP contribution in [0.5, 0.6) is 0 Å². The Balaban J connectivity index is 1.04. The Hall–Kier alpha value is -11.1. The highest BCUT2D eigenvalue weighted by Gasteiger charge is 2.51. The van der Waals surface area contributed by atoms with E-state index < -0.39 is 45.7 Å². The van der Waals surface area contributed by atoms with Gasteiger partial charge in [0.1, 0.15) is 0 Å². The molecule has 7 nitrogen and oxygen atoms in total. The molecule has 0 spiro atoms. The van der Waals surface area contributed by atoms with Crippen molar-refractivity contribution >= 4 is 79.3 Å². The molecular weight excluding hydrogens is 1700 g/mol. The van der Waals surface area contributed by atoms with Gasteiger partial charge in [-0.25, -0.2) is 37.8 Å². The topological polar surface area (TPSA) is 95.4 Å². The average Bonchev–Trinajstić information content (AvgIpc) is 1.63. The number of hydrogen-bond donors (Lipinski definition) is 0. The van der Waals surface area contributed by atoms with Crippen LogP contribution >= 0.6 is 22.7 Å². The molecule has 0 saturated heterocycles. The van der Waals surface area contributed by atoms with Gasteiger partial charge < -0.3 is 4.57 Å². The van der Waals surface area contributed by atoms with Crippen LogP contribution in [0.3, 0.4) is 0 Å². The molecular formula is C121H131F4N5O2S2. The van der Waals surface area contributed by atoms with E-state index in [-0.39, 0.29) is 62.0 Å². The van der Waals surface area contributed by atoms with Crippen molar-refractivity contribution in [2.24, 2.45) is 0 Å². The molecule has 11 aromatic rings. The van der Waals surface area contributed by atoms with Crippen LogP contribution in [0.15, 0.2) is 180 Å². The van der Waals surface area contributed by atoms with E-state index in [9.17, 15) is 10.5 Å². The van der Waals surface area contributed by atoms with Gasteiger partial charge in [0.15, 0.2) is 34.8 Å². The minimum atomic E-state index is -1.20. The molecule has 15 rings (SSSR count). The number of halogens is 4. The minimum absolute atomic E-state index is 0.0126. The van der Waals surface area contributed by atoms with Gasteiger partial charge in [0.05, 0.1) is 47.1 Å². The molecule has 0 radical (unpaired) electrons. The Morgan fingerprint density at radius 3 is 0.896 bits per heavy atom. The molecule has 3 heterocycles. The van der Waals surface area contributed by atoms with Gasteiger partial charge in [0.2, 0.25) is 0 Å². The lowest BCUT2D eigenvalue weighted by molar-refractivity contribution is 0.103. The number of aryl methyl sites for hydroxylation is 4. The summed E-state index contributed by atoms with van der Waals surface area (Å²) in [6, 6.07) is 59.9. The lowest BCUT2D eigenvalue weighted by Gasteiger charge is -2.34. The van der Waals surface area contributed by atoms with Gasteiger partial charge in [-0.15, -0.1) is 22.7 Å². The smallest absolute Gasteiger partial charge is 0.270 e. The minimum Gasteiger partial charge on any atom is -0.337 e. The highest BCUT2D eigenvalue weighted by Crippen LogP contribution is 2.64. The van der Waals surface area contributed by atoms with E-state index in [0.29, 0.717) is 9.75 Å². The van der Waals surface area contributed by atoms with Crippen molar-refractivity contribution in [1.29, 1.82) is 10.5 Å². The molecule has 4 aliphatic rings. The van der Waals surface area contributed by atoms with Crippen molar-refractivity contribution in [2.75, 3.05) is 0 Å². The first-order chi connectivity index (χ1) is 65.6. The molecule has 134 heavy (non-hydrogen) atoms. The number of rotatable bonds is 49. The van der Waals surface area contributed by atoms with Gasteiger partial charge in [0, 0.05) is 69.7 Å². The van der Waals surface area contributed by atoms with Crippen molar-refractivity contribution < 1.29 is 27.2 Å². The number of benzene rings is 8. The second-order valence-electron chi connectivity index (χ2n) is 38.4. The molecule has 692 valence electrons. The zero-order chi connectivity index (χ0) is 93.8. The van der Waals surface area contributed by atoms with E-state index in [4.69, 9.17) is 13.1 Å². The summed E-state index contributed by atoms with van der Waals surface area (Å²) >= 11 is 3.12. The predicted molar refractivity (Wildman–Crippen MR) is 549 cm³/mol. The van der Waals surface area contributed by atoms with E-state index in [1.165, 1.54) is 151 Å². The van der Waals surface area contributed by atoms with Gasteiger partial charge in [-0.3, -0.25) is 9.59 Å². The number of allylic oxidation sites excluding steroid dienone is 6. The fourth-order valence-corrected chi connectivity index (χ4v) is 24.6. The van der Waals surface area contributed by atoms with E-state index >= 15 is 27.2 Å². The quantitative estimate of drug-likeness (QED) is 0.0125. The van der Waals surface area contributed by atoms with Crippen LogP contribution in [0.1, 0.15) is 400 Å². The van der Waals surface area contributed by atoms with Gasteiger partial charge in [-0.1, -0.05) is 344 Å². The fourth-order valence-electron chi connectivity index (χ4n) is 22.2. The van der Waals surface area contributed by atoms with E-state index in [1.54, 1.807) is 34.8 Å². The first kappa shape index (κ1) is 97.5. The molecule has 0 atom stereocenters. The molecule has 13 heteroatoms. The van der Waals surface area contributed by atoms with Crippen LogP contribution in [0, 0.1) is 59.1 Å². The SMILES string of the molecule is [C-]#[N+]/C(C#N)=C1\C(=C\c2cc3c(s2)-c2cc4c(cc2C3(c2ccc(CCCCCCCC)cc2)c2ccc(CCCCCCCC)cc2)c2cc3c(cc2n4C(CCCCCCCC)CCCCCCCC)-c2sc(/C=C4\C(=O)c5cc(F)c(F)cc5\C4=C(\C#N)[N+]#[C-])cc2C3(c2ccc(CCCCCCCC)cc2)c2ccc(CCCCCCCC)cc2)C(=O)c2cc(F)c(F)cc21. The summed E-state index contributed by atoms with van der Waals surface area (Å²) < 4.78 is 65.0. The van der Waals surface area contributed by atoms with Crippen molar-refractivity contribution in [3.8, 4) is 33.0 Å².